The molecule has 3 aromatic rings. The quantitative estimate of drug-likeness (QED) is 0.448. The predicted octanol–water partition coefficient (Wildman–Crippen LogP) is 6.10. The minimum atomic E-state index is -3.05. The fraction of sp³-hybridized carbons (Fsp3) is 0.375. The van der Waals surface area contributed by atoms with E-state index in [-0.39, 0.29) is 17.9 Å². The largest absolute Gasteiger partial charge is 0.478 e. The van der Waals surface area contributed by atoms with Crippen molar-refractivity contribution in [1.29, 1.82) is 0 Å². The molecule has 0 bridgehead atoms. The summed E-state index contributed by atoms with van der Waals surface area (Å²) in [7, 11) is 0. The third kappa shape index (κ3) is 4.98. The Morgan fingerprint density at radius 1 is 1.13 bits per heavy atom. The van der Waals surface area contributed by atoms with E-state index >= 15 is 0 Å². The molecule has 7 heteroatoms. The highest BCUT2D eigenvalue weighted by atomic mass is 19.3. The van der Waals surface area contributed by atoms with Crippen molar-refractivity contribution in [2.45, 2.75) is 58.4 Å². The molecule has 1 atom stereocenters. The summed E-state index contributed by atoms with van der Waals surface area (Å²) in [5.74, 6) is -3.90. The number of carboxylic acids is 1. The van der Waals surface area contributed by atoms with Crippen LogP contribution in [0.3, 0.4) is 0 Å². The molecule has 0 aliphatic heterocycles. The Morgan fingerprint density at radius 2 is 1.81 bits per heavy atom. The predicted molar refractivity (Wildman–Crippen MR) is 115 cm³/mol. The lowest BCUT2D eigenvalue weighted by molar-refractivity contribution is -0.0232. The zero-order chi connectivity index (χ0) is 22.6. The standard InChI is InChI=1S/C24H27F2N3O2/c1-4-14-24(25,26)23-27-21(16(3)5-2)29(28-23)15-17-10-12-18(13-11-17)19-8-6-7-9-20(19)22(30)31/h6-13,16H,4-5,14-15H2,1-3H3,(H,30,31). The topological polar surface area (TPSA) is 68.0 Å². The molecule has 164 valence electrons. The summed E-state index contributed by atoms with van der Waals surface area (Å²) in [5.41, 5.74) is 2.51. The molecular weight excluding hydrogens is 400 g/mol. The molecule has 1 unspecified atom stereocenters. The van der Waals surface area contributed by atoms with E-state index in [1.807, 2.05) is 38.1 Å². The Kier molecular flexibility index (Phi) is 6.83. The Bertz CT molecular complexity index is 1050. The van der Waals surface area contributed by atoms with Gasteiger partial charge in [-0.15, -0.1) is 5.10 Å². The van der Waals surface area contributed by atoms with E-state index in [1.54, 1.807) is 35.9 Å². The van der Waals surface area contributed by atoms with Crippen LogP contribution >= 0.6 is 0 Å². The molecule has 0 fully saturated rings. The van der Waals surface area contributed by atoms with Gasteiger partial charge in [0.1, 0.15) is 5.82 Å². The van der Waals surface area contributed by atoms with E-state index in [9.17, 15) is 18.7 Å². The van der Waals surface area contributed by atoms with E-state index in [0.717, 1.165) is 17.5 Å². The van der Waals surface area contributed by atoms with Crippen molar-refractivity contribution in [3.63, 3.8) is 0 Å². The maximum absolute atomic E-state index is 14.4. The van der Waals surface area contributed by atoms with Crippen LogP contribution in [0.2, 0.25) is 0 Å². The second-order valence-corrected chi connectivity index (χ2v) is 7.76. The molecule has 1 aromatic heterocycles. The third-order valence-electron chi connectivity index (χ3n) is 5.40. The first-order valence-electron chi connectivity index (χ1n) is 10.5. The van der Waals surface area contributed by atoms with Crippen molar-refractivity contribution in [3.8, 4) is 11.1 Å². The zero-order valence-corrected chi connectivity index (χ0v) is 18.0. The van der Waals surface area contributed by atoms with Gasteiger partial charge in [0, 0.05) is 12.3 Å². The SMILES string of the molecule is CCCC(F)(F)c1nc(C(C)CC)n(Cc2ccc(-c3ccccc3C(=O)O)cc2)n1. The van der Waals surface area contributed by atoms with Gasteiger partial charge in [0.2, 0.25) is 5.82 Å². The number of aromatic carboxylic acids is 1. The summed E-state index contributed by atoms with van der Waals surface area (Å²) < 4.78 is 30.4. The van der Waals surface area contributed by atoms with Crippen molar-refractivity contribution < 1.29 is 18.7 Å². The van der Waals surface area contributed by atoms with Crippen molar-refractivity contribution in [1.82, 2.24) is 14.8 Å². The van der Waals surface area contributed by atoms with Gasteiger partial charge in [-0.2, -0.15) is 8.78 Å². The van der Waals surface area contributed by atoms with Crippen LogP contribution in [0, 0.1) is 0 Å². The molecule has 2 aromatic carbocycles. The average molecular weight is 427 g/mol. The first-order valence-corrected chi connectivity index (χ1v) is 10.5. The fourth-order valence-corrected chi connectivity index (χ4v) is 3.48. The van der Waals surface area contributed by atoms with Gasteiger partial charge in [-0.25, -0.2) is 14.5 Å². The summed E-state index contributed by atoms with van der Waals surface area (Å²) in [6, 6.07) is 14.2. The first kappa shape index (κ1) is 22.6. The van der Waals surface area contributed by atoms with Crippen LogP contribution in [0.4, 0.5) is 8.78 Å². The lowest BCUT2D eigenvalue weighted by atomic mass is 9.99. The Balaban J connectivity index is 1.91. The number of halogens is 2. The molecular formula is C24H27F2N3O2. The maximum Gasteiger partial charge on any atom is 0.336 e. The van der Waals surface area contributed by atoms with Crippen LogP contribution < -0.4 is 0 Å². The number of hydrogen-bond acceptors (Lipinski definition) is 3. The smallest absolute Gasteiger partial charge is 0.336 e. The van der Waals surface area contributed by atoms with Gasteiger partial charge in [0.15, 0.2) is 0 Å². The Hall–Kier alpha value is -3.09. The summed E-state index contributed by atoms with van der Waals surface area (Å²) in [6.07, 6.45) is 0.830. The van der Waals surface area contributed by atoms with Gasteiger partial charge in [0.05, 0.1) is 12.1 Å². The number of hydrogen-bond donors (Lipinski definition) is 1. The van der Waals surface area contributed by atoms with Gasteiger partial charge in [-0.3, -0.25) is 0 Å². The van der Waals surface area contributed by atoms with Crippen molar-refractivity contribution >= 4 is 5.97 Å². The zero-order valence-electron chi connectivity index (χ0n) is 18.0. The molecule has 0 saturated heterocycles. The minimum absolute atomic E-state index is 0.000364. The molecule has 5 nitrogen and oxygen atoms in total. The molecule has 0 amide bonds. The molecule has 31 heavy (non-hydrogen) atoms. The average Bonchev–Trinajstić information content (AvgIpc) is 3.18. The minimum Gasteiger partial charge on any atom is -0.478 e. The van der Waals surface area contributed by atoms with Crippen LogP contribution in [0.25, 0.3) is 11.1 Å². The number of rotatable bonds is 9. The van der Waals surface area contributed by atoms with Crippen LogP contribution in [0.1, 0.15) is 73.5 Å². The van der Waals surface area contributed by atoms with Crippen LogP contribution in [-0.4, -0.2) is 25.8 Å². The normalized spacial score (nSPS) is 12.7. The summed E-state index contributed by atoms with van der Waals surface area (Å²) >= 11 is 0. The number of aromatic nitrogens is 3. The molecule has 0 spiro atoms. The molecule has 0 aliphatic carbocycles. The number of benzene rings is 2. The second kappa shape index (κ2) is 9.37. The van der Waals surface area contributed by atoms with Gasteiger partial charge < -0.3 is 5.11 Å². The van der Waals surface area contributed by atoms with Gasteiger partial charge in [0.25, 0.3) is 0 Å². The number of carboxylic acid groups (broad SMARTS) is 1. The van der Waals surface area contributed by atoms with E-state index in [2.05, 4.69) is 10.1 Å². The summed E-state index contributed by atoms with van der Waals surface area (Å²) in [5, 5.41) is 13.6. The fourth-order valence-electron chi connectivity index (χ4n) is 3.48. The highest BCUT2D eigenvalue weighted by molar-refractivity contribution is 5.95. The molecule has 0 saturated carbocycles. The van der Waals surface area contributed by atoms with Crippen molar-refractivity contribution in [2.75, 3.05) is 0 Å². The molecule has 1 N–H and O–H groups in total. The first-order chi connectivity index (χ1) is 14.8. The van der Waals surface area contributed by atoms with E-state index in [0.29, 0.717) is 24.4 Å². The van der Waals surface area contributed by atoms with Crippen molar-refractivity contribution in [3.05, 3.63) is 71.3 Å². The lowest BCUT2D eigenvalue weighted by Gasteiger charge is -2.11. The van der Waals surface area contributed by atoms with Crippen LogP contribution in [-0.2, 0) is 12.5 Å². The highest BCUT2D eigenvalue weighted by Gasteiger charge is 2.36. The van der Waals surface area contributed by atoms with Gasteiger partial charge in [-0.05, 0) is 35.6 Å². The van der Waals surface area contributed by atoms with Crippen LogP contribution in [0.5, 0.6) is 0 Å². The van der Waals surface area contributed by atoms with Crippen molar-refractivity contribution in [2.24, 2.45) is 0 Å². The van der Waals surface area contributed by atoms with Crippen LogP contribution in [0.15, 0.2) is 48.5 Å². The molecule has 1 heterocycles. The molecule has 0 aliphatic rings. The number of carbonyl (C=O) groups is 1. The number of nitrogens with zero attached hydrogens (tertiary/aromatic N) is 3. The third-order valence-corrected chi connectivity index (χ3v) is 5.40. The molecule has 0 radical (unpaired) electrons. The van der Waals surface area contributed by atoms with E-state index in [1.165, 1.54) is 0 Å². The Morgan fingerprint density at radius 3 is 2.42 bits per heavy atom. The highest BCUT2D eigenvalue weighted by Crippen LogP contribution is 2.32. The molecule has 3 rings (SSSR count). The number of alkyl halides is 2. The van der Waals surface area contributed by atoms with E-state index in [4.69, 9.17) is 0 Å². The Labute approximate surface area is 180 Å². The lowest BCUT2D eigenvalue weighted by Crippen LogP contribution is -2.15. The maximum atomic E-state index is 14.4. The van der Waals surface area contributed by atoms with Gasteiger partial charge in [-0.1, -0.05) is 63.2 Å². The summed E-state index contributed by atoms with van der Waals surface area (Å²) in [6.45, 7) is 5.97. The second-order valence-electron chi connectivity index (χ2n) is 7.76. The van der Waals surface area contributed by atoms with E-state index < -0.39 is 17.7 Å². The van der Waals surface area contributed by atoms with Gasteiger partial charge >= 0.3 is 11.9 Å². The summed E-state index contributed by atoms with van der Waals surface area (Å²) in [4.78, 5) is 15.7. The monoisotopic (exact) mass is 427 g/mol.